The van der Waals surface area contributed by atoms with E-state index in [4.69, 9.17) is 0 Å². The van der Waals surface area contributed by atoms with Crippen LogP contribution in [0.3, 0.4) is 0 Å². The summed E-state index contributed by atoms with van der Waals surface area (Å²) in [4.78, 5) is 22.0. The van der Waals surface area contributed by atoms with Gasteiger partial charge in [-0.25, -0.2) is 15.0 Å². The normalized spacial score (nSPS) is 10.9. The topological polar surface area (TPSA) is 97.8 Å². The lowest BCUT2D eigenvalue weighted by Crippen LogP contribution is -2.06. The van der Waals surface area contributed by atoms with Gasteiger partial charge < -0.3 is 15.0 Å². The van der Waals surface area contributed by atoms with E-state index in [1.807, 2.05) is 64.8 Å². The van der Waals surface area contributed by atoms with E-state index in [0.29, 0.717) is 23.4 Å². The summed E-state index contributed by atoms with van der Waals surface area (Å²) in [6.45, 7) is 1.99. The maximum Gasteiger partial charge on any atom is 0.232 e. The lowest BCUT2D eigenvalue weighted by molar-refractivity contribution is 0.975. The second kappa shape index (κ2) is 7.04. The maximum atomic E-state index is 4.59. The van der Waals surface area contributed by atoms with Gasteiger partial charge in [0.15, 0.2) is 0 Å². The van der Waals surface area contributed by atoms with E-state index in [0.717, 1.165) is 16.9 Å². The molecule has 0 aliphatic rings. The summed E-state index contributed by atoms with van der Waals surface area (Å²) in [5.74, 6) is 2.41. The summed E-state index contributed by atoms with van der Waals surface area (Å²) in [6.07, 6.45) is 12.6. The predicted molar refractivity (Wildman–Crippen MR) is 110 cm³/mol. The molecule has 2 N–H and O–H groups in total. The van der Waals surface area contributed by atoms with Crippen molar-refractivity contribution in [3.63, 3.8) is 0 Å². The largest absolute Gasteiger partial charge is 0.340 e. The smallest absolute Gasteiger partial charge is 0.232 e. The summed E-state index contributed by atoms with van der Waals surface area (Å²) in [7, 11) is 0. The highest BCUT2D eigenvalue weighted by Gasteiger charge is 2.08. The van der Waals surface area contributed by atoms with Gasteiger partial charge in [-0.3, -0.25) is 4.57 Å². The molecule has 29 heavy (non-hydrogen) atoms. The van der Waals surface area contributed by atoms with Crippen LogP contribution in [0, 0.1) is 6.92 Å². The van der Waals surface area contributed by atoms with Gasteiger partial charge in [0, 0.05) is 55.0 Å². The lowest BCUT2D eigenvalue weighted by Gasteiger charge is -2.11. The minimum Gasteiger partial charge on any atom is -0.340 e. The Morgan fingerprint density at radius 3 is 2.66 bits per heavy atom. The van der Waals surface area contributed by atoms with Crippen LogP contribution in [-0.4, -0.2) is 33.9 Å². The van der Waals surface area contributed by atoms with Gasteiger partial charge in [-0.2, -0.15) is 9.97 Å². The predicted octanol–water partition coefficient (Wildman–Crippen LogP) is 3.50. The van der Waals surface area contributed by atoms with Gasteiger partial charge in [0.1, 0.15) is 29.4 Å². The third-order valence-corrected chi connectivity index (χ3v) is 4.30. The highest BCUT2D eigenvalue weighted by Crippen LogP contribution is 2.21. The minimum absolute atomic E-state index is 0.428. The molecule has 0 bridgehead atoms. The SMILES string of the molecule is Cc1ccc(Nc2nc(Nc3ccn4ccnc4c3)cc(-n3ccnc3)n2)nc1. The lowest BCUT2D eigenvalue weighted by atomic mass is 10.3. The summed E-state index contributed by atoms with van der Waals surface area (Å²) in [6, 6.07) is 9.64. The van der Waals surface area contributed by atoms with Crippen molar-refractivity contribution in [3.8, 4) is 5.82 Å². The van der Waals surface area contributed by atoms with Crippen molar-refractivity contribution in [2.24, 2.45) is 0 Å². The number of rotatable bonds is 5. The van der Waals surface area contributed by atoms with Crippen LogP contribution in [0.25, 0.3) is 11.5 Å². The van der Waals surface area contributed by atoms with Gasteiger partial charge in [0.2, 0.25) is 5.95 Å². The van der Waals surface area contributed by atoms with E-state index >= 15 is 0 Å². The molecule has 142 valence electrons. The number of hydrogen-bond acceptors (Lipinski definition) is 7. The molecule has 5 aromatic heterocycles. The Morgan fingerprint density at radius 1 is 0.862 bits per heavy atom. The van der Waals surface area contributed by atoms with E-state index in [1.54, 1.807) is 24.9 Å². The Balaban J connectivity index is 1.50. The number of aromatic nitrogens is 7. The zero-order valence-electron chi connectivity index (χ0n) is 15.6. The van der Waals surface area contributed by atoms with Crippen LogP contribution in [0.2, 0.25) is 0 Å². The van der Waals surface area contributed by atoms with Crippen LogP contribution >= 0.6 is 0 Å². The molecule has 0 fully saturated rings. The van der Waals surface area contributed by atoms with E-state index in [-0.39, 0.29) is 0 Å². The third kappa shape index (κ3) is 3.61. The first-order chi connectivity index (χ1) is 14.2. The molecular weight excluding hydrogens is 366 g/mol. The van der Waals surface area contributed by atoms with Crippen molar-refractivity contribution < 1.29 is 0 Å². The molecule has 5 aromatic rings. The molecule has 5 rings (SSSR count). The second-order valence-corrected chi connectivity index (χ2v) is 6.48. The molecule has 0 saturated heterocycles. The molecule has 0 spiro atoms. The summed E-state index contributed by atoms with van der Waals surface area (Å²) in [5, 5.41) is 6.49. The van der Waals surface area contributed by atoms with Gasteiger partial charge in [-0.1, -0.05) is 6.07 Å². The number of pyridine rings is 2. The quantitative estimate of drug-likeness (QED) is 0.479. The molecule has 0 aliphatic heterocycles. The number of nitrogens with zero attached hydrogens (tertiary/aromatic N) is 7. The Kier molecular flexibility index (Phi) is 4.10. The summed E-state index contributed by atoms with van der Waals surface area (Å²) < 4.78 is 3.76. The molecule has 0 aromatic carbocycles. The molecule has 0 atom stereocenters. The van der Waals surface area contributed by atoms with Gasteiger partial charge in [-0.15, -0.1) is 0 Å². The average molecular weight is 383 g/mol. The Labute approximate surface area is 166 Å². The second-order valence-electron chi connectivity index (χ2n) is 6.48. The van der Waals surface area contributed by atoms with Gasteiger partial charge in [0.25, 0.3) is 0 Å². The van der Waals surface area contributed by atoms with Crippen LogP contribution in [0.5, 0.6) is 0 Å². The zero-order chi connectivity index (χ0) is 19.6. The van der Waals surface area contributed by atoms with E-state index in [2.05, 4.69) is 35.6 Å². The fourth-order valence-electron chi connectivity index (χ4n) is 2.87. The van der Waals surface area contributed by atoms with E-state index < -0.39 is 0 Å². The highest BCUT2D eigenvalue weighted by atomic mass is 15.2. The molecule has 0 aliphatic carbocycles. The van der Waals surface area contributed by atoms with Crippen molar-refractivity contribution in [2.45, 2.75) is 6.92 Å². The van der Waals surface area contributed by atoms with Crippen LogP contribution in [0.15, 0.2) is 73.8 Å². The standard InChI is InChI=1S/C20H17N9/c1-14-2-3-16(23-12-14)25-20-26-17(11-19(27-20)29-8-5-21-13-29)24-15-4-7-28-9-6-22-18(28)10-15/h2-13H,1H3,(H2,23,24,25,26,27). The molecule has 0 unspecified atom stereocenters. The number of fused-ring (bicyclic) bond motifs is 1. The van der Waals surface area contributed by atoms with Crippen molar-refractivity contribution in [2.75, 3.05) is 10.6 Å². The fraction of sp³-hybridized carbons (Fsp3) is 0.0500. The first kappa shape index (κ1) is 16.9. The van der Waals surface area contributed by atoms with E-state index in [9.17, 15) is 0 Å². The first-order valence-corrected chi connectivity index (χ1v) is 9.00. The van der Waals surface area contributed by atoms with Crippen molar-refractivity contribution >= 4 is 28.9 Å². The molecule has 0 radical (unpaired) electrons. The van der Waals surface area contributed by atoms with Crippen LogP contribution in [-0.2, 0) is 0 Å². The summed E-state index contributed by atoms with van der Waals surface area (Å²) in [5.41, 5.74) is 2.81. The highest BCUT2D eigenvalue weighted by molar-refractivity contribution is 5.64. The Bertz CT molecular complexity index is 1260. The monoisotopic (exact) mass is 383 g/mol. The van der Waals surface area contributed by atoms with E-state index in [1.165, 1.54) is 0 Å². The van der Waals surface area contributed by atoms with Crippen LogP contribution in [0.1, 0.15) is 5.56 Å². The Morgan fingerprint density at radius 2 is 1.83 bits per heavy atom. The molecule has 0 amide bonds. The Hall–Kier alpha value is -4.27. The number of nitrogens with one attached hydrogen (secondary N) is 2. The van der Waals surface area contributed by atoms with Gasteiger partial charge >= 0.3 is 0 Å². The molecule has 9 heteroatoms. The van der Waals surface area contributed by atoms with Gasteiger partial charge in [0.05, 0.1) is 0 Å². The summed E-state index contributed by atoms with van der Waals surface area (Å²) >= 11 is 0. The zero-order valence-corrected chi connectivity index (χ0v) is 15.6. The molecule has 9 nitrogen and oxygen atoms in total. The molecular formula is C20H17N9. The fourth-order valence-corrected chi connectivity index (χ4v) is 2.87. The third-order valence-electron chi connectivity index (χ3n) is 4.30. The minimum atomic E-state index is 0.428. The van der Waals surface area contributed by atoms with Gasteiger partial charge in [-0.05, 0) is 24.6 Å². The van der Waals surface area contributed by atoms with Crippen LogP contribution < -0.4 is 10.6 Å². The number of anilines is 4. The molecule has 0 saturated carbocycles. The number of hydrogen-bond donors (Lipinski definition) is 2. The van der Waals surface area contributed by atoms with Crippen molar-refractivity contribution in [1.82, 2.24) is 33.9 Å². The number of aryl methyl sites for hydroxylation is 1. The first-order valence-electron chi connectivity index (χ1n) is 9.00. The van der Waals surface area contributed by atoms with Crippen molar-refractivity contribution in [3.05, 3.63) is 79.4 Å². The number of imidazole rings is 2. The van der Waals surface area contributed by atoms with Crippen LogP contribution in [0.4, 0.5) is 23.3 Å². The average Bonchev–Trinajstić information content (AvgIpc) is 3.41. The van der Waals surface area contributed by atoms with Crippen molar-refractivity contribution in [1.29, 1.82) is 0 Å². The molecule has 5 heterocycles. The maximum absolute atomic E-state index is 4.59.